The number of hydrogen-bond donors (Lipinski definition) is 1. The van der Waals surface area contributed by atoms with Gasteiger partial charge in [0.25, 0.3) is 0 Å². The molecule has 0 aliphatic carbocycles. The van der Waals surface area contributed by atoms with Crippen LogP contribution in [0.15, 0.2) is 18.2 Å². The standard InChI is InChI=1S/C9H7Cl2NO5/c10-5-1-2-7(12(15)16)8(3-5)17-4-6(11)9(13)14/h1-3,6H,4H2,(H,13,14). The van der Waals surface area contributed by atoms with Crippen LogP contribution in [0.25, 0.3) is 0 Å². The molecule has 8 heteroatoms. The van der Waals surface area contributed by atoms with E-state index in [4.69, 9.17) is 33.0 Å². The van der Waals surface area contributed by atoms with E-state index in [0.717, 1.165) is 0 Å². The van der Waals surface area contributed by atoms with Crippen molar-refractivity contribution in [3.8, 4) is 5.75 Å². The molecule has 1 aromatic rings. The first-order chi connectivity index (χ1) is 7.91. The Balaban J connectivity index is 2.85. The quantitative estimate of drug-likeness (QED) is 0.507. The van der Waals surface area contributed by atoms with E-state index in [-0.39, 0.29) is 16.5 Å². The van der Waals surface area contributed by atoms with Crippen molar-refractivity contribution in [3.05, 3.63) is 33.3 Å². The van der Waals surface area contributed by atoms with Crippen molar-refractivity contribution in [2.45, 2.75) is 5.38 Å². The number of nitrogens with zero attached hydrogens (tertiary/aromatic N) is 1. The molecule has 1 unspecified atom stereocenters. The molecule has 1 atom stereocenters. The zero-order valence-electron chi connectivity index (χ0n) is 8.30. The van der Waals surface area contributed by atoms with E-state index < -0.39 is 22.9 Å². The van der Waals surface area contributed by atoms with E-state index in [1.165, 1.54) is 18.2 Å². The minimum Gasteiger partial charge on any atom is -0.485 e. The lowest BCUT2D eigenvalue weighted by atomic mass is 10.3. The van der Waals surface area contributed by atoms with Crippen LogP contribution in [0.3, 0.4) is 0 Å². The molecule has 0 amide bonds. The Morgan fingerprint density at radius 1 is 1.59 bits per heavy atom. The molecule has 0 aliphatic rings. The van der Waals surface area contributed by atoms with Gasteiger partial charge < -0.3 is 9.84 Å². The summed E-state index contributed by atoms with van der Waals surface area (Å²) in [6.07, 6.45) is 0. The maximum Gasteiger partial charge on any atom is 0.325 e. The summed E-state index contributed by atoms with van der Waals surface area (Å²) in [4.78, 5) is 20.4. The summed E-state index contributed by atoms with van der Waals surface area (Å²) in [7, 11) is 0. The number of carbonyl (C=O) groups is 1. The predicted molar refractivity (Wildman–Crippen MR) is 60.9 cm³/mol. The van der Waals surface area contributed by atoms with Gasteiger partial charge in [-0.05, 0) is 6.07 Å². The average Bonchev–Trinajstić information content (AvgIpc) is 2.25. The third kappa shape index (κ3) is 3.76. The maximum atomic E-state index is 10.6. The van der Waals surface area contributed by atoms with Gasteiger partial charge in [0.2, 0.25) is 0 Å². The summed E-state index contributed by atoms with van der Waals surface area (Å²) < 4.78 is 4.96. The van der Waals surface area contributed by atoms with Gasteiger partial charge in [0.05, 0.1) is 4.92 Å². The number of nitro groups is 1. The zero-order valence-corrected chi connectivity index (χ0v) is 9.81. The predicted octanol–water partition coefficient (Wildman–Crippen LogP) is 2.32. The number of alkyl halides is 1. The van der Waals surface area contributed by atoms with Crippen molar-refractivity contribution in [3.63, 3.8) is 0 Å². The van der Waals surface area contributed by atoms with Crippen molar-refractivity contribution >= 4 is 34.9 Å². The molecule has 17 heavy (non-hydrogen) atoms. The van der Waals surface area contributed by atoms with Gasteiger partial charge in [0.1, 0.15) is 6.61 Å². The molecule has 1 rings (SSSR count). The van der Waals surface area contributed by atoms with Crippen molar-refractivity contribution < 1.29 is 19.6 Å². The van der Waals surface area contributed by atoms with Gasteiger partial charge >= 0.3 is 11.7 Å². The lowest BCUT2D eigenvalue weighted by Gasteiger charge is -2.08. The molecule has 0 spiro atoms. The van der Waals surface area contributed by atoms with Crippen molar-refractivity contribution in [1.29, 1.82) is 0 Å². The Labute approximate surface area is 106 Å². The summed E-state index contributed by atoms with van der Waals surface area (Å²) in [6.45, 7) is -0.391. The van der Waals surface area contributed by atoms with E-state index in [1.54, 1.807) is 0 Å². The zero-order chi connectivity index (χ0) is 13.0. The van der Waals surface area contributed by atoms with Crippen molar-refractivity contribution in [2.24, 2.45) is 0 Å². The first-order valence-corrected chi connectivity index (χ1v) is 5.17. The number of ether oxygens (including phenoxy) is 1. The highest BCUT2D eigenvalue weighted by atomic mass is 35.5. The third-order valence-electron chi connectivity index (χ3n) is 1.77. The lowest BCUT2D eigenvalue weighted by molar-refractivity contribution is -0.385. The molecule has 0 heterocycles. The fraction of sp³-hybridized carbons (Fsp3) is 0.222. The molecule has 0 fully saturated rings. The van der Waals surface area contributed by atoms with Crippen LogP contribution in [-0.4, -0.2) is 28.0 Å². The second-order valence-corrected chi connectivity index (χ2v) is 3.95. The molecular weight excluding hydrogens is 273 g/mol. The Morgan fingerprint density at radius 2 is 2.24 bits per heavy atom. The average molecular weight is 280 g/mol. The fourth-order valence-electron chi connectivity index (χ4n) is 0.989. The van der Waals surface area contributed by atoms with Crippen LogP contribution < -0.4 is 4.74 Å². The van der Waals surface area contributed by atoms with E-state index in [9.17, 15) is 14.9 Å². The van der Waals surface area contributed by atoms with Gasteiger partial charge in [-0.15, -0.1) is 11.6 Å². The minimum atomic E-state index is -1.28. The molecule has 0 saturated carbocycles. The smallest absolute Gasteiger partial charge is 0.325 e. The molecular formula is C9H7Cl2NO5. The molecule has 0 radical (unpaired) electrons. The van der Waals surface area contributed by atoms with Gasteiger partial charge in [0.15, 0.2) is 11.1 Å². The maximum absolute atomic E-state index is 10.6. The van der Waals surface area contributed by atoms with Gasteiger partial charge in [-0.25, -0.2) is 0 Å². The highest BCUT2D eigenvalue weighted by molar-refractivity contribution is 6.31. The summed E-state index contributed by atoms with van der Waals surface area (Å²) in [6, 6.07) is 3.73. The molecule has 6 nitrogen and oxygen atoms in total. The Morgan fingerprint density at radius 3 is 2.76 bits per heavy atom. The van der Waals surface area contributed by atoms with Crippen molar-refractivity contribution in [1.82, 2.24) is 0 Å². The van der Waals surface area contributed by atoms with Gasteiger partial charge in [-0.3, -0.25) is 14.9 Å². The summed E-state index contributed by atoms with van der Waals surface area (Å²) >= 11 is 11.1. The molecule has 1 N–H and O–H groups in total. The number of benzene rings is 1. The monoisotopic (exact) mass is 279 g/mol. The topological polar surface area (TPSA) is 89.7 Å². The van der Waals surface area contributed by atoms with Crippen LogP contribution in [0, 0.1) is 10.1 Å². The van der Waals surface area contributed by atoms with Crippen LogP contribution in [0.1, 0.15) is 0 Å². The largest absolute Gasteiger partial charge is 0.485 e. The third-order valence-corrected chi connectivity index (χ3v) is 2.32. The number of hydrogen-bond acceptors (Lipinski definition) is 4. The van der Waals surface area contributed by atoms with E-state index in [1.807, 2.05) is 0 Å². The van der Waals surface area contributed by atoms with Crippen molar-refractivity contribution in [2.75, 3.05) is 6.61 Å². The summed E-state index contributed by atoms with van der Waals surface area (Å²) in [5.74, 6) is -1.38. The molecule has 0 bridgehead atoms. The van der Waals surface area contributed by atoms with Gasteiger partial charge in [-0.1, -0.05) is 11.6 Å². The molecule has 1 aromatic carbocycles. The van der Waals surface area contributed by atoms with Crippen LogP contribution >= 0.6 is 23.2 Å². The molecule has 0 aliphatic heterocycles. The SMILES string of the molecule is O=C(O)C(Cl)COc1cc(Cl)ccc1[N+](=O)[O-]. The molecule has 92 valence electrons. The van der Waals surface area contributed by atoms with Crippen LogP contribution in [0.2, 0.25) is 5.02 Å². The number of halogens is 2. The number of carboxylic acid groups (broad SMARTS) is 1. The van der Waals surface area contributed by atoms with Gasteiger partial charge in [-0.2, -0.15) is 0 Å². The van der Waals surface area contributed by atoms with Crippen LogP contribution in [0.4, 0.5) is 5.69 Å². The Hall–Kier alpha value is -1.53. The number of nitro benzene ring substituents is 1. The normalized spacial score (nSPS) is 11.9. The fourth-order valence-corrected chi connectivity index (χ4v) is 1.21. The number of carboxylic acids is 1. The highest BCUT2D eigenvalue weighted by Crippen LogP contribution is 2.30. The van der Waals surface area contributed by atoms with E-state index >= 15 is 0 Å². The molecule has 0 aromatic heterocycles. The molecule has 0 saturated heterocycles. The first-order valence-electron chi connectivity index (χ1n) is 4.35. The van der Waals surface area contributed by atoms with Crippen LogP contribution in [0.5, 0.6) is 5.75 Å². The summed E-state index contributed by atoms with van der Waals surface area (Å²) in [5, 5.41) is 18.1. The summed E-state index contributed by atoms with van der Waals surface area (Å²) in [5.41, 5.74) is -0.302. The minimum absolute atomic E-state index is 0.116. The van der Waals surface area contributed by atoms with Crippen LogP contribution in [-0.2, 0) is 4.79 Å². The van der Waals surface area contributed by atoms with E-state index in [0.29, 0.717) is 0 Å². The number of rotatable bonds is 5. The Bertz CT molecular complexity index is 451. The second-order valence-electron chi connectivity index (χ2n) is 2.99. The number of aliphatic carboxylic acids is 1. The Kier molecular flexibility index (Phi) is 4.53. The van der Waals surface area contributed by atoms with Gasteiger partial charge in [0, 0.05) is 17.2 Å². The lowest BCUT2D eigenvalue weighted by Crippen LogP contribution is -2.21. The highest BCUT2D eigenvalue weighted by Gasteiger charge is 2.19. The first kappa shape index (κ1) is 13.5. The second kappa shape index (κ2) is 5.70. The van der Waals surface area contributed by atoms with E-state index in [2.05, 4.69) is 0 Å².